The molecule has 0 spiro atoms. The molecule has 16 heavy (non-hydrogen) atoms. The summed E-state index contributed by atoms with van der Waals surface area (Å²) in [5, 5.41) is 0. The molecule has 1 fully saturated rings. The smallest absolute Gasteiger partial charge is 0.0312 e. The van der Waals surface area contributed by atoms with Crippen molar-refractivity contribution in [1.29, 1.82) is 0 Å². The van der Waals surface area contributed by atoms with Crippen molar-refractivity contribution >= 4 is 12.4 Å². The van der Waals surface area contributed by atoms with E-state index in [0.29, 0.717) is 12.0 Å². The highest BCUT2D eigenvalue weighted by Gasteiger charge is 2.27. The van der Waals surface area contributed by atoms with Crippen LogP contribution in [0, 0.1) is 5.92 Å². The van der Waals surface area contributed by atoms with Crippen molar-refractivity contribution < 1.29 is 0 Å². The summed E-state index contributed by atoms with van der Waals surface area (Å²) in [5.41, 5.74) is 7.01. The second kappa shape index (κ2) is 6.18. The van der Waals surface area contributed by atoms with Crippen LogP contribution in [0.3, 0.4) is 0 Å². The lowest BCUT2D eigenvalue weighted by Crippen LogP contribution is -2.27. The summed E-state index contributed by atoms with van der Waals surface area (Å²) in [4.78, 5) is 6.63. The number of pyridine rings is 1. The number of aromatic nitrogens is 1. The molecule has 0 amide bonds. The second-order valence-electron chi connectivity index (χ2n) is 4.48. The van der Waals surface area contributed by atoms with Crippen LogP contribution in [0.4, 0.5) is 0 Å². The Morgan fingerprint density at radius 2 is 2.38 bits per heavy atom. The van der Waals surface area contributed by atoms with Gasteiger partial charge in [0.2, 0.25) is 0 Å². The molecular weight excluding hydrogens is 222 g/mol. The summed E-state index contributed by atoms with van der Waals surface area (Å²) in [6.07, 6.45) is 5.00. The standard InChI is InChI=1S/C12H19N3.ClH/c1-10-5-12(6-13)9-15(10)8-11-3-2-4-14-7-11;/h2-4,7,10,12H,5-6,8-9,13H2,1H3;1H. The maximum absolute atomic E-state index is 5.71. The van der Waals surface area contributed by atoms with Crippen molar-refractivity contribution in [3.8, 4) is 0 Å². The fourth-order valence-corrected chi connectivity index (χ4v) is 2.33. The van der Waals surface area contributed by atoms with E-state index < -0.39 is 0 Å². The van der Waals surface area contributed by atoms with Gasteiger partial charge in [0, 0.05) is 31.5 Å². The molecule has 2 atom stereocenters. The molecule has 0 bridgehead atoms. The Morgan fingerprint density at radius 3 is 2.94 bits per heavy atom. The van der Waals surface area contributed by atoms with Crippen LogP contribution in [0.5, 0.6) is 0 Å². The Bertz CT molecular complexity index is 304. The molecular formula is C12H20ClN3. The van der Waals surface area contributed by atoms with E-state index in [9.17, 15) is 0 Å². The molecule has 4 heteroatoms. The third-order valence-corrected chi connectivity index (χ3v) is 3.23. The minimum atomic E-state index is 0. The Hall–Kier alpha value is -0.640. The first-order valence-electron chi connectivity index (χ1n) is 5.62. The molecule has 3 nitrogen and oxygen atoms in total. The molecule has 2 heterocycles. The minimum absolute atomic E-state index is 0. The van der Waals surface area contributed by atoms with Gasteiger partial charge >= 0.3 is 0 Å². The summed E-state index contributed by atoms with van der Waals surface area (Å²) in [6, 6.07) is 4.78. The van der Waals surface area contributed by atoms with E-state index in [1.54, 1.807) is 0 Å². The van der Waals surface area contributed by atoms with Crippen LogP contribution in [-0.2, 0) is 6.54 Å². The monoisotopic (exact) mass is 241 g/mol. The quantitative estimate of drug-likeness (QED) is 0.876. The lowest BCUT2D eigenvalue weighted by atomic mass is 10.1. The van der Waals surface area contributed by atoms with Crippen LogP contribution in [0.2, 0.25) is 0 Å². The van der Waals surface area contributed by atoms with Gasteiger partial charge in [-0.1, -0.05) is 6.07 Å². The Labute approximate surface area is 103 Å². The predicted molar refractivity (Wildman–Crippen MR) is 68.5 cm³/mol. The van der Waals surface area contributed by atoms with Gasteiger partial charge in [-0.15, -0.1) is 12.4 Å². The van der Waals surface area contributed by atoms with Gasteiger partial charge in [-0.05, 0) is 37.4 Å². The highest BCUT2D eigenvalue weighted by molar-refractivity contribution is 5.85. The number of hydrogen-bond donors (Lipinski definition) is 1. The molecule has 1 aromatic heterocycles. The Balaban J connectivity index is 0.00000128. The third-order valence-electron chi connectivity index (χ3n) is 3.23. The summed E-state index contributed by atoms with van der Waals surface area (Å²) in [7, 11) is 0. The van der Waals surface area contributed by atoms with Crippen LogP contribution < -0.4 is 5.73 Å². The van der Waals surface area contributed by atoms with E-state index in [-0.39, 0.29) is 12.4 Å². The molecule has 1 saturated heterocycles. The maximum Gasteiger partial charge on any atom is 0.0312 e. The molecule has 0 saturated carbocycles. The first-order chi connectivity index (χ1) is 7.29. The van der Waals surface area contributed by atoms with Gasteiger partial charge in [0.05, 0.1) is 0 Å². The number of nitrogens with zero attached hydrogens (tertiary/aromatic N) is 2. The van der Waals surface area contributed by atoms with Gasteiger partial charge in [0.1, 0.15) is 0 Å². The van der Waals surface area contributed by atoms with Crippen LogP contribution >= 0.6 is 12.4 Å². The highest BCUT2D eigenvalue weighted by Crippen LogP contribution is 2.23. The van der Waals surface area contributed by atoms with E-state index in [1.807, 2.05) is 18.5 Å². The number of halogens is 1. The number of likely N-dealkylation sites (tertiary alicyclic amines) is 1. The fraction of sp³-hybridized carbons (Fsp3) is 0.583. The molecule has 90 valence electrons. The molecule has 0 aromatic carbocycles. The van der Waals surface area contributed by atoms with E-state index in [2.05, 4.69) is 22.9 Å². The summed E-state index contributed by atoms with van der Waals surface area (Å²) in [6.45, 7) is 5.23. The normalized spacial score (nSPS) is 25.4. The van der Waals surface area contributed by atoms with Gasteiger partial charge < -0.3 is 5.73 Å². The molecule has 0 radical (unpaired) electrons. The second-order valence-corrected chi connectivity index (χ2v) is 4.48. The van der Waals surface area contributed by atoms with Gasteiger partial charge in [-0.3, -0.25) is 9.88 Å². The number of hydrogen-bond acceptors (Lipinski definition) is 3. The van der Waals surface area contributed by atoms with Crippen LogP contribution in [0.1, 0.15) is 18.9 Å². The topological polar surface area (TPSA) is 42.1 Å². The molecule has 2 unspecified atom stereocenters. The highest BCUT2D eigenvalue weighted by atomic mass is 35.5. The van der Waals surface area contributed by atoms with Gasteiger partial charge in [0.25, 0.3) is 0 Å². The fourth-order valence-electron chi connectivity index (χ4n) is 2.33. The zero-order chi connectivity index (χ0) is 10.7. The average molecular weight is 242 g/mol. The summed E-state index contributed by atoms with van der Waals surface area (Å²) >= 11 is 0. The number of rotatable bonds is 3. The van der Waals surface area contributed by atoms with Crippen molar-refractivity contribution in [1.82, 2.24) is 9.88 Å². The van der Waals surface area contributed by atoms with Crippen molar-refractivity contribution in [3.63, 3.8) is 0 Å². The van der Waals surface area contributed by atoms with E-state index in [0.717, 1.165) is 19.6 Å². The molecule has 1 aromatic rings. The third kappa shape index (κ3) is 3.17. The van der Waals surface area contributed by atoms with Crippen LogP contribution in [0.15, 0.2) is 24.5 Å². The zero-order valence-electron chi connectivity index (χ0n) is 9.67. The maximum atomic E-state index is 5.71. The lowest BCUT2D eigenvalue weighted by Gasteiger charge is -2.20. The van der Waals surface area contributed by atoms with Crippen molar-refractivity contribution in [2.75, 3.05) is 13.1 Å². The molecule has 1 aliphatic rings. The molecule has 2 N–H and O–H groups in total. The molecule has 0 aliphatic carbocycles. The average Bonchev–Trinajstić information content (AvgIpc) is 2.61. The van der Waals surface area contributed by atoms with Crippen LogP contribution in [0.25, 0.3) is 0 Å². The minimum Gasteiger partial charge on any atom is -0.330 e. The predicted octanol–water partition coefficient (Wildman–Crippen LogP) is 1.67. The Kier molecular flexibility index (Phi) is 5.19. The summed E-state index contributed by atoms with van der Waals surface area (Å²) in [5.74, 6) is 0.677. The van der Waals surface area contributed by atoms with Crippen molar-refractivity contribution in [2.45, 2.75) is 25.9 Å². The van der Waals surface area contributed by atoms with Crippen LogP contribution in [-0.4, -0.2) is 29.0 Å². The molecule has 2 rings (SSSR count). The van der Waals surface area contributed by atoms with Gasteiger partial charge in [0.15, 0.2) is 0 Å². The first kappa shape index (κ1) is 13.4. The largest absolute Gasteiger partial charge is 0.330 e. The first-order valence-corrected chi connectivity index (χ1v) is 5.62. The zero-order valence-corrected chi connectivity index (χ0v) is 10.5. The van der Waals surface area contributed by atoms with Gasteiger partial charge in [-0.25, -0.2) is 0 Å². The Morgan fingerprint density at radius 1 is 1.56 bits per heavy atom. The van der Waals surface area contributed by atoms with E-state index in [4.69, 9.17) is 5.73 Å². The van der Waals surface area contributed by atoms with Gasteiger partial charge in [-0.2, -0.15) is 0 Å². The van der Waals surface area contributed by atoms with Crippen molar-refractivity contribution in [3.05, 3.63) is 30.1 Å². The summed E-state index contributed by atoms with van der Waals surface area (Å²) < 4.78 is 0. The van der Waals surface area contributed by atoms with E-state index >= 15 is 0 Å². The SMILES string of the molecule is CC1CC(CN)CN1Cc1cccnc1.Cl. The molecule has 1 aliphatic heterocycles. The lowest BCUT2D eigenvalue weighted by molar-refractivity contribution is 0.255. The van der Waals surface area contributed by atoms with E-state index in [1.165, 1.54) is 12.0 Å². The number of nitrogens with two attached hydrogens (primary N) is 1. The van der Waals surface area contributed by atoms with Crippen molar-refractivity contribution in [2.24, 2.45) is 11.7 Å².